The Labute approximate surface area is 179 Å². The second-order valence-electron chi connectivity index (χ2n) is 6.99. The van der Waals surface area contributed by atoms with E-state index in [-0.39, 0.29) is 16.7 Å². The Hall–Kier alpha value is -3.74. The van der Waals surface area contributed by atoms with Crippen molar-refractivity contribution in [2.24, 2.45) is 0 Å². The van der Waals surface area contributed by atoms with Crippen molar-refractivity contribution in [2.45, 2.75) is 6.61 Å². The molecule has 0 radical (unpaired) electrons. The van der Waals surface area contributed by atoms with E-state index in [1.807, 2.05) is 6.07 Å². The second-order valence-corrected chi connectivity index (χ2v) is 6.99. The van der Waals surface area contributed by atoms with Gasteiger partial charge in [-0.2, -0.15) is 0 Å². The molecule has 0 aromatic heterocycles. The first-order valence-corrected chi connectivity index (χ1v) is 9.44. The number of rotatable bonds is 5. The topological polar surface area (TPSA) is 9.23 Å². The van der Waals surface area contributed by atoms with Crippen LogP contribution in [0.15, 0.2) is 72.8 Å². The number of ether oxygens (including phenoxy) is 1. The first-order valence-electron chi connectivity index (χ1n) is 9.44. The SMILES string of the molecule is Fc1cc(-c2ccccc2)ccc1-c1cc(F)c(OCc2cc(F)c(F)c(F)c2)c(F)c1. The molecule has 0 aliphatic heterocycles. The molecule has 4 aromatic rings. The molecule has 0 unspecified atom stereocenters. The first-order chi connectivity index (χ1) is 15.3. The van der Waals surface area contributed by atoms with E-state index in [0.717, 1.165) is 17.7 Å². The quantitative estimate of drug-likeness (QED) is 0.230. The molecule has 162 valence electrons. The average molecular weight is 444 g/mol. The van der Waals surface area contributed by atoms with Gasteiger partial charge in [-0.1, -0.05) is 42.5 Å². The fraction of sp³-hybridized carbons (Fsp3) is 0.0400. The summed E-state index contributed by atoms with van der Waals surface area (Å²) in [4.78, 5) is 0. The van der Waals surface area contributed by atoms with E-state index in [0.29, 0.717) is 17.7 Å². The highest BCUT2D eigenvalue weighted by Crippen LogP contribution is 2.33. The van der Waals surface area contributed by atoms with Crippen molar-refractivity contribution in [2.75, 3.05) is 0 Å². The first kappa shape index (κ1) is 21.5. The molecular weight excluding hydrogens is 430 g/mol. The summed E-state index contributed by atoms with van der Waals surface area (Å²) in [7, 11) is 0. The largest absolute Gasteiger partial charge is 0.483 e. The van der Waals surface area contributed by atoms with E-state index in [4.69, 9.17) is 4.74 Å². The Balaban J connectivity index is 1.59. The van der Waals surface area contributed by atoms with E-state index >= 15 is 0 Å². The van der Waals surface area contributed by atoms with Crippen LogP contribution in [0, 0.1) is 34.9 Å². The molecule has 4 rings (SSSR count). The molecule has 4 aromatic carbocycles. The van der Waals surface area contributed by atoms with Crippen LogP contribution in [0.4, 0.5) is 26.3 Å². The van der Waals surface area contributed by atoms with Crippen LogP contribution in [-0.2, 0) is 6.61 Å². The molecule has 0 saturated carbocycles. The number of hydrogen-bond acceptors (Lipinski definition) is 1. The van der Waals surface area contributed by atoms with Gasteiger partial charge in [0.2, 0.25) is 0 Å². The molecule has 0 N–H and O–H groups in total. The van der Waals surface area contributed by atoms with Crippen molar-refractivity contribution in [1.29, 1.82) is 0 Å². The van der Waals surface area contributed by atoms with Crippen LogP contribution in [0.25, 0.3) is 22.3 Å². The molecule has 0 spiro atoms. The summed E-state index contributed by atoms with van der Waals surface area (Å²) in [5.74, 6) is -8.29. The van der Waals surface area contributed by atoms with Crippen LogP contribution >= 0.6 is 0 Å². The smallest absolute Gasteiger partial charge is 0.194 e. The highest BCUT2D eigenvalue weighted by Gasteiger charge is 2.17. The molecular formula is C25H14F6O. The van der Waals surface area contributed by atoms with Crippen molar-refractivity contribution >= 4 is 0 Å². The van der Waals surface area contributed by atoms with Crippen LogP contribution in [0.1, 0.15) is 5.56 Å². The summed E-state index contributed by atoms with van der Waals surface area (Å²) in [6, 6.07) is 16.5. The standard InChI is InChI=1S/C25H14F6O/c26-19-10-16(15-4-2-1-3-5-15)6-7-18(19)17-11-22(29)25(23(30)12-17)32-13-14-8-20(27)24(31)21(28)9-14/h1-12H,13H2. The Morgan fingerprint density at radius 1 is 0.531 bits per heavy atom. The van der Waals surface area contributed by atoms with Gasteiger partial charge in [-0.05, 0) is 52.6 Å². The molecule has 0 bridgehead atoms. The third-order valence-corrected chi connectivity index (χ3v) is 4.81. The Morgan fingerprint density at radius 3 is 1.72 bits per heavy atom. The molecule has 0 atom stereocenters. The summed E-state index contributed by atoms with van der Waals surface area (Å²) in [5, 5.41) is 0. The van der Waals surface area contributed by atoms with E-state index in [1.165, 1.54) is 12.1 Å². The average Bonchev–Trinajstić information content (AvgIpc) is 2.77. The molecule has 0 saturated heterocycles. The molecule has 0 amide bonds. The Morgan fingerprint density at radius 2 is 1.12 bits per heavy atom. The molecule has 7 heteroatoms. The lowest BCUT2D eigenvalue weighted by molar-refractivity contribution is 0.272. The summed E-state index contributed by atoms with van der Waals surface area (Å²) < 4.78 is 88.3. The van der Waals surface area contributed by atoms with Gasteiger partial charge in [0.25, 0.3) is 0 Å². The maximum atomic E-state index is 14.7. The van der Waals surface area contributed by atoms with Crippen molar-refractivity contribution in [3.8, 4) is 28.0 Å². The highest BCUT2D eigenvalue weighted by atomic mass is 19.2. The highest BCUT2D eigenvalue weighted by molar-refractivity contribution is 5.71. The fourth-order valence-corrected chi connectivity index (χ4v) is 3.26. The maximum absolute atomic E-state index is 14.7. The minimum absolute atomic E-state index is 0.0169. The van der Waals surface area contributed by atoms with Gasteiger partial charge in [0.15, 0.2) is 34.8 Å². The van der Waals surface area contributed by atoms with Crippen LogP contribution in [0.3, 0.4) is 0 Å². The molecule has 0 fully saturated rings. The van der Waals surface area contributed by atoms with Crippen molar-refractivity contribution in [3.05, 3.63) is 113 Å². The summed E-state index contributed by atoms with van der Waals surface area (Å²) in [5.41, 5.74) is 1.16. The summed E-state index contributed by atoms with van der Waals surface area (Å²) in [6.45, 7) is -0.610. The predicted octanol–water partition coefficient (Wildman–Crippen LogP) is 7.43. The van der Waals surface area contributed by atoms with Gasteiger partial charge < -0.3 is 4.74 Å². The number of benzene rings is 4. The fourth-order valence-electron chi connectivity index (χ4n) is 3.26. The van der Waals surface area contributed by atoms with Gasteiger partial charge in [-0.25, -0.2) is 26.3 Å². The molecule has 0 aliphatic rings. The van der Waals surface area contributed by atoms with Gasteiger partial charge >= 0.3 is 0 Å². The van der Waals surface area contributed by atoms with E-state index < -0.39 is 47.3 Å². The lowest BCUT2D eigenvalue weighted by Crippen LogP contribution is -2.03. The molecule has 0 heterocycles. The van der Waals surface area contributed by atoms with Crippen molar-refractivity contribution < 1.29 is 31.1 Å². The molecule has 1 nitrogen and oxygen atoms in total. The van der Waals surface area contributed by atoms with Crippen LogP contribution in [0.5, 0.6) is 5.75 Å². The number of halogens is 6. The third kappa shape index (κ3) is 4.32. The lowest BCUT2D eigenvalue weighted by atomic mass is 9.99. The van der Waals surface area contributed by atoms with E-state index in [2.05, 4.69) is 0 Å². The van der Waals surface area contributed by atoms with E-state index in [9.17, 15) is 26.3 Å². The zero-order chi connectivity index (χ0) is 22.8. The third-order valence-electron chi connectivity index (χ3n) is 4.81. The van der Waals surface area contributed by atoms with Crippen molar-refractivity contribution in [3.63, 3.8) is 0 Å². The Kier molecular flexibility index (Phi) is 5.90. The zero-order valence-electron chi connectivity index (χ0n) is 16.3. The van der Waals surface area contributed by atoms with Crippen molar-refractivity contribution in [1.82, 2.24) is 0 Å². The van der Waals surface area contributed by atoms with E-state index in [1.54, 1.807) is 30.3 Å². The Bertz CT molecular complexity index is 1240. The second kappa shape index (κ2) is 8.78. The minimum Gasteiger partial charge on any atom is -0.483 e. The van der Waals surface area contributed by atoms with Crippen LogP contribution in [-0.4, -0.2) is 0 Å². The normalized spacial score (nSPS) is 10.9. The predicted molar refractivity (Wildman–Crippen MR) is 108 cm³/mol. The minimum atomic E-state index is -1.66. The van der Waals surface area contributed by atoms with Gasteiger partial charge in [-0.15, -0.1) is 0 Å². The molecule has 32 heavy (non-hydrogen) atoms. The van der Waals surface area contributed by atoms with Crippen LogP contribution in [0.2, 0.25) is 0 Å². The lowest BCUT2D eigenvalue weighted by Gasteiger charge is -2.12. The van der Waals surface area contributed by atoms with Gasteiger partial charge in [0, 0.05) is 5.56 Å². The monoisotopic (exact) mass is 444 g/mol. The summed E-state index contributed by atoms with van der Waals surface area (Å²) in [6.07, 6.45) is 0. The zero-order valence-corrected chi connectivity index (χ0v) is 16.3. The maximum Gasteiger partial charge on any atom is 0.194 e. The van der Waals surface area contributed by atoms with Gasteiger partial charge in [-0.3, -0.25) is 0 Å². The molecule has 0 aliphatic carbocycles. The van der Waals surface area contributed by atoms with Crippen LogP contribution < -0.4 is 4.74 Å². The van der Waals surface area contributed by atoms with Gasteiger partial charge in [0.1, 0.15) is 12.4 Å². The number of hydrogen-bond donors (Lipinski definition) is 0. The van der Waals surface area contributed by atoms with Gasteiger partial charge in [0.05, 0.1) is 0 Å². The summed E-state index contributed by atoms with van der Waals surface area (Å²) >= 11 is 0.